The maximum atomic E-state index is 12.1. The van der Waals surface area contributed by atoms with Gasteiger partial charge in [0, 0.05) is 21.7 Å². The van der Waals surface area contributed by atoms with Crippen molar-refractivity contribution in [2.24, 2.45) is 0 Å². The predicted molar refractivity (Wildman–Crippen MR) is 90.5 cm³/mol. The van der Waals surface area contributed by atoms with Crippen molar-refractivity contribution in [1.29, 1.82) is 0 Å². The third-order valence-corrected chi connectivity index (χ3v) is 3.93. The average Bonchev–Trinajstić information content (AvgIpc) is 2.48. The van der Waals surface area contributed by atoms with Crippen LogP contribution in [0.2, 0.25) is 5.02 Å². The van der Waals surface area contributed by atoms with Crippen LogP contribution in [0.3, 0.4) is 0 Å². The van der Waals surface area contributed by atoms with Gasteiger partial charge < -0.3 is 10.6 Å². The molecule has 2 rings (SSSR count). The lowest BCUT2D eigenvalue weighted by molar-refractivity contribution is -0.121. The van der Waals surface area contributed by atoms with Crippen LogP contribution in [-0.4, -0.2) is 11.9 Å². The van der Waals surface area contributed by atoms with Gasteiger partial charge in [0.15, 0.2) is 0 Å². The number of halogens is 2. The van der Waals surface area contributed by atoms with E-state index in [-0.39, 0.29) is 11.9 Å². The number of anilines is 1. The van der Waals surface area contributed by atoms with Gasteiger partial charge >= 0.3 is 0 Å². The molecule has 0 saturated heterocycles. The van der Waals surface area contributed by atoms with Gasteiger partial charge in [-0.25, -0.2) is 0 Å². The highest BCUT2D eigenvalue weighted by Crippen LogP contribution is 2.16. The molecule has 0 aliphatic rings. The second kappa shape index (κ2) is 7.48. The van der Waals surface area contributed by atoms with Crippen LogP contribution in [0.1, 0.15) is 12.5 Å². The Bertz CT molecular complexity index is 616. The van der Waals surface area contributed by atoms with E-state index in [4.69, 9.17) is 11.6 Å². The molecule has 0 bridgehead atoms. The molecule has 1 atom stereocenters. The van der Waals surface area contributed by atoms with Crippen molar-refractivity contribution < 1.29 is 4.79 Å². The fourth-order valence-corrected chi connectivity index (χ4v) is 2.31. The first-order valence-corrected chi connectivity index (χ1v) is 7.76. The Morgan fingerprint density at radius 1 is 1.19 bits per heavy atom. The Balaban J connectivity index is 1.88. The van der Waals surface area contributed by atoms with Gasteiger partial charge in [-0.05, 0) is 42.8 Å². The van der Waals surface area contributed by atoms with Crippen molar-refractivity contribution >= 4 is 39.1 Å². The highest BCUT2D eigenvalue weighted by Gasteiger charge is 2.12. The summed E-state index contributed by atoms with van der Waals surface area (Å²) < 4.78 is 1.00. The molecule has 110 valence electrons. The first kappa shape index (κ1) is 15.9. The summed E-state index contributed by atoms with van der Waals surface area (Å²) in [6, 6.07) is 14.8. The Labute approximate surface area is 137 Å². The number of hydrogen-bond acceptors (Lipinski definition) is 2. The number of rotatable bonds is 5. The zero-order chi connectivity index (χ0) is 15.2. The number of carbonyl (C=O) groups excluding carboxylic acids is 1. The highest BCUT2D eigenvalue weighted by molar-refractivity contribution is 9.10. The van der Waals surface area contributed by atoms with Crippen LogP contribution >= 0.6 is 27.5 Å². The number of hydrogen-bond donors (Lipinski definition) is 2. The van der Waals surface area contributed by atoms with Crippen molar-refractivity contribution in [3.63, 3.8) is 0 Å². The van der Waals surface area contributed by atoms with Crippen LogP contribution in [0.5, 0.6) is 0 Å². The second-order valence-electron chi connectivity index (χ2n) is 4.68. The molecular weight excluding hydrogens is 352 g/mol. The van der Waals surface area contributed by atoms with Gasteiger partial charge in [0.05, 0.1) is 0 Å². The van der Waals surface area contributed by atoms with E-state index in [0.29, 0.717) is 11.6 Å². The van der Waals surface area contributed by atoms with Crippen LogP contribution in [0.15, 0.2) is 53.0 Å². The third-order valence-electron chi connectivity index (χ3n) is 3.03. The molecule has 0 aliphatic carbocycles. The maximum absolute atomic E-state index is 12.1. The zero-order valence-corrected chi connectivity index (χ0v) is 13.9. The number of benzene rings is 2. The summed E-state index contributed by atoms with van der Waals surface area (Å²) in [4.78, 5) is 12.1. The van der Waals surface area contributed by atoms with Gasteiger partial charge in [0.1, 0.15) is 6.04 Å². The SMILES string of the molecule is C[C@@H](Nc1ccc(Br)cc1)C(=O)NCc1ccccc1Cl. The van der Waals surface area contributed by atoms with E-state index < -0.39 is 0 Å². The van der Waals surface area contributed by atoms with E-state index in [1.807, 2.05) is 55.5 Å². The number of carbonyl (C=O) groups is 1. The molecule has 2 N–H and O–H groups in total. The van der Waals surface area contributed by atoms with Gasteiger partial charge in [-0.3, -0.25) is 4.79 Å². The Hall–Kier alpha value is -1.52. The minimum absolute atomic E-state index is 0.0714. The van der Waals surface area contributed by atoms with Gasteiger partial charge in [0.2, 0.25) is 5.91 Å². The Morgan fingerprint density at radius 3 is 2.52 bits per heavy atom. The third kappa shape index (κ3) is 4.76. The van der Waals surface area contributed by atoms with Crippen LogP contribution in [0.4, 0.5) is 5.69 Å². The largest absolute Gasteiger partial charge is 0.374 e. The molecule has 0 unspecified atom stereocenters. The molecule has 0 spiro atoms. The van der Waals surface area contributed by atoms with Crippen LogP contribution < -0.4 is 10.6 Å². The molecular formula is C16H16BrClN2O. The lowest BCUT2D eigenvalue weighted by atomic mass is 10.2. The summed E-state index contributed by atoms with van der Waals surface area (Å²) in [7, 11) is 0. The molecule has 0 radical (unpaired) electrons. The Kier molecular flexibility index (Phi) is 5.65. The average molecular weight is 368 g/mol. The summed E-state index contributed by atoms with van der Waals surface area (Å²) in [6.45, 7) is 2.24. The summed E-state index contributed by atoms with van der Waals surface area (Å²) >= 11 is 9.44. The van der Waals surface area contributed by atoms with Crippen molar-refractivity contribution in [2.45, 2.75) is 19.5 Å². The van der Waals surface area contributed by atoms with E-state index in [9.17, 15) is 4.79 Å². The molecule has 5 heteroatoms. The molecule has 0 fully saturated rings. The minimum atomic E-state index is -0.325. The van der Waals surface area contributed by atoms with E-state index in [1.54, 1.807) is 0 Å². The van der Waals surface area contributed by atoms with Crippen molar-refractivity contribution in [3.8, 4) is 0 Å². The van der Waals surface area contributed by atoms with Gasteiger partial charge in [0.25, 0.3) is 0 Å². The molecule has 3 nitrogen and oxygen atoms in total. The van der Waals surface area contributed by atoms with E-state index in [1.165, 1.54) is 0 Å². The molecule has 21 heavy (non-hydrogen) atoms. The van der Waals surface area contributed by atoms with E-state index >= 15 is 0 Å². The van der Waals surface area contributed by atoms with Crippen LogP contribution in [0, 0.1) is 0 Å². The molecule has 2 aromatic carbocycles. The van der Waals surface area contributed by atoms with E-state index in [2.05, 4.69) is 26.6 Å². The molecule has 0 saturated carbocycles. The lowest BCUT2D eigenvalue weighted by Crippen LogP contribution is -2.37. The summed E-state index contributed by atoms with van der Waals surface area (Å²) in [5.41, 5.74) is 1.81. The fraction of sp³-hybridized carbons (Fsp3) is 0.188. The maximum Gasteiger partial charge on any atom is 0.242 e. The topological polar surface area (TPSA) is 41.1 Å². The minimum Gasteiger partial charge on any atom is -0.374 e. The van der Waals surface area contributed by atoms with E-state index in [0.717, 1.165) is 15.7 Å². The highest BCUT2D eigenvalue weighted by atomic mass is 79.9. The first-order chi connectivity index (χ1) is 10.1. The van der Waals surface area contributed by atoms with Crippen molar-refractivity contribution in [3.05, 3.63) is 63.6 Å². The molecule has 0 heterocycles. The predicted octanol–water partition coefficient (Wildman–Crippen LogP) is 4.22. The monoisotopic (exact) mass is 366 g/mol. The van der Waals surface area contributed by atoms with Crippen LogP contribution in [0.25, 0.3) is 0 Å². The quantitative estimate of drug-likeness (QED) is 0.831. The smallest absolute Gasteiger partial charge is 0.242 e. The van der Waals surface area contributed by atoms with Crippen molar-refractivity contribution in [2.75, 3.05) is 5.32 Å². The number of nitrogens with one attached hydrogen (secondary N) is 2. The summed E-state index contributed by atoms with van der Waals surface area (Å²) in [5.74, 6) is -0.0714. The van der Waals surface area contributed by atoms with Gasteiger partial charge in [-0.1, -0.05) is 45.7 Å². The van der Waals surface area contributed by atoms with Crippen LogP contribution in [-0.2, 0) is 11.3 Å². The van der Waals surface area contributed by atoms with Gasteiger partial charge in [-0.15, -0.1) is 0 Å². The first-order valence-electron chi connectivity index (χ1n) is 6.59. The molecule has 1 amide bonds. The zero-order valence-electron chi connectivity index (χ0n) is 11.6. The lowest BCUT2D eigenvalue weighted by Gasteiger charge is -2.15. The summed E-state index contributed by atoms with van der Waals surface area (Å²) in [6.07, 6.45) is 0. The molecule has 0 aliphatic heterocycles. The number of amides is 1. The second-order valence-corrected chi connectivity index (χ2v) is 6.01. The summed E-state index contributed by atoms with van der Waals surface area (Å²) in [5, 5.41) is 6.69. The Morgan fingerprint density at radius 2 is 1.86 bits per heavy atom. The molecule has 2 aromatic rings. The molecule has 0 aromatic heterocycles. The van der Waals surface area contributed by atoms with Crippen molar-refractivity contribution in [1.82, 2.24) is 5.32 Å². The standard InChI is InChI=1S/C16H16BrClN2O/c1-11(20-14-8-6-13(17)7-9-14)16(21)19-10-12-4-2-3-5-15(12)18/h2-9,11,20H,10H2,1H3,(H,19,21)/t11-/m1/s1. The van der Waals surface area contributed by atoms with Gasteiger partial charge in [-0.2, -0.15) is 0 Å². The fourth-order valence-electron chi connectivity index (χ4n) is 1.84. The normalized spacial score (nSPS) is 11.8.